The molecule has 2 unspecified atom stereocenters. The summed E-state index contributed by atoms with van der Waals surface area (Å²) in [5.74, 6) is -0.430. The maximum atomic E-state index is 13.9. The zero-order chi connectivity index (χ0) is 28.2. The predicted molar refractivity (Wildman–Crippen MR) is 149 cm³/mol. The molecule has 0 saturated heterocycles. The van der Waals surface area contributed by atoms with Crippen LogP contribution in [0.25, 0.3) is 22.2 Å². The molecule has 39 heavy (non-hydrogen) atoms. The summed E-state index contributed by atoms with van der Waals surface area (Å²) in [6, 6.07) is 11.2. The molecule has 7 nitrogen and oxygen atoms in total. The fourth-order valence-corrected chi connectivity index (χ4v) is 8.36. The van der Waals surface area contributed by atoms with Crippen LogP contribution in [0.5, 0.6) is 0 Å². The first kappa shape index (κ1) is 27.7. The molecule has 2 aromatic carbocycles. The van der Waals surface area contributed by atoms with Crippen molar-refractivity contribution in [1.82, 2.24) is 10.3 Å². The molecule has 2 saturated carbocycles. The summed E-state index contributed by atoms with van der Waals surface area (Å²) in [4.78, 5) is 27.5. The van der Waals surface area contributed by atoms with Crippen molar-refractivity contribution in [2.75, 3.05) is 12.8 Å². The van der Waals surface area contributed by atoms with Gasteiger partial charge in [0.1, 0.15) is 11.6 Å². The first-order valence-corrected chi connectivity index (χ1v) is 15.1. The Morgan fingerprint density at radius 2 is 1.85 bits per heavy atom. The van der Waals surface area contributed by atoms with E-state index in [1.54, 1.807) is 0 Å². The molecule has 3 aliphatic rings. The van der Waals surface area contributed by atoms with E-state index in [1.807, 2.05) is 20.9 Å². The highest BCUT2D eigenvalue weighted by Crippen LogP contribution is 2.64. The van der Waals surface area contributed by atoms with Gasteiger partial charge in [-0.15, -0.1) is 0 Å². The zero-order valence-corrected chi connectivity index (χ0v) is 23.4. The SMILES string of the molecule is CC1(C)C2CCC1(CS(=O)(=O)O)C(=O)C2.CNCc1ccc(-c2[nH]c3cc(F)cc4c3c2CCCC4=O)cc1. The standard InChI is InChI=1S/C20H19FN2O.C10H16O4S/c1-22-11-12-5-7-13(8-6-12)20-15-3-2-4-18(24)16-9-14(21)10-17(23-20)19(15)16;1-9(2)7-3-4-10(9,8(11)5-7)6-15(12,13)14/h5-10,22-23H,2-4,11H2,1H3;7H,3-6H2,1-2H3,(H,12,13,14). The number of carbonyl (C=O) groups excluding carboxylic acids is 2. The Morgan fingerprint density at radius 3 is 2.44 bits per heavy atom. The summed E-state index contributed by atoms with van der Waals surface area (Å²) in [5.41, 5.74) is 4.53. The van der Waals surface area contributed by atoms with Gasteiger partial charge in [0.2, 0.25) is 0 Å². The van der Waals surface area contributed by atoms with Crippen molar-refractivity contribution in [2.24, 2.45) is 16.7 Å². The number of benzene rings is 2. The molecule has 208 valence electrons. The molecule has 2 bridgehead atoms. The molecule has 3 aliphatic carbocycles. The zero-order valence-electron chi connectivity index (χ0n) is 22.6. The minimum Gasteiger partial charge on any atom is -0.354 e. The van der Waals surface area contributed by atoms with E-state index in [1.165, 1.54) is 17.7 Å². The van der Waals surface area contributed by atoms with Crippen molar-refractivity contribution in [3.63, 3.8) is 0 Å². The quantitative estimate of drug-likeness (QED) is 0.360. The van der Waals surface area contributed by atoms with Crippen LogP contribution in [-0.2, 0) is 27.9 Å². The van der Waals surface area contributed by atoms with Crippen LogP contribution >= 0.6 is 0 Å². The summed E-state index contributed by atoms with van der Waals surface area (Å²) in [5, 5.41) is 4.03. The number of fused-ring (bicyclic) bond motifs is 2. The van der Waals surface area contributed by atoms with Gasteiger partial charge in [0.15, 0.2) is 5.78 Å². The number of hydrogen-bond donors (Lipinski definition) is 3. The molecule has 2 fully saturated rings. The molecule has 3 N–H and O–H groups in total. The summed E-state index contributed by atoms with van der Waals surface area (Å²) < 4.78 is 44.9. The summed E-state index contributed by atoms with van der Waals surface area (Å²) >= 11 is 0. The second kappa shape index (κ2) is 9.94. The number of rotatable bonds is 5. The Labute approximate surface area is 228 Å². The lowest BCUT2D eigenvalue weighted by molar-refractivity contribution is -0.128. The van der Waals surface area contributed by atoms with Crippen LogP contribution in [0.3, 0.4) is 0 Å². The topological polar surface area (TPSA) is 116 Å². The van der Waals surface area contributed by atoms with E-state index in [0.717, 1.165) is 48.0 Å². The van der Waals surface area contributed by atoms with E-state index >= 15 is 0 Å². The van der Waals surface area contributed by atoms with Crippen molar-refractivity contribution in [2.45, 2.75) is 58.9 Å². The first-order valence-electron chi connectivity index (χ1n) is 13.5. The van der Waals surface area contributed by atoms with Crippen molar-refractivity contribution in [3.8, 4) is 11.3 Å². The van der Waals surface area contributed by atoms with E-state index in [9.17, 15) is 22.4 Å². The second-order valence-electron chi connectivity index (χ2n) is 11.8. The van der Waals surface area contributed by atoms with Crippen LogP contribution in [0.1, 0.15) is 67.4 Å². The Kier molecular flexibility index (Phi) is 7.06. The van der Waals surface area contributed by atoms with Gasteiger partial charge in [-0.25, -0.2) is 4.39 Å². The van der Waals surface area contributed by atoms with Gasteiger partial charge in [-0.2, -0.15) is 8.42 Å². The lowest BCUT2D eigenvalue weighted by Gasteiger charge is -2.35. The number of halogens is 1. The average Bonchev–Trinajstić information content (AvgIpc) is 3.33. The number of aryl methyl sites for hydroxylation is 1. The number of Topliss-reactive ketones (excluding diaryl/α,β-unsaturated/α-hetero) is 2. The van der Waals surface area contributed by atoms with Crippen LogP contribution in [0.4, 0.5) is 4.39 Å². The highest BCUT2D eigenvalue weighted by atomic mass is 32.2. The Balaban J connectivity index is 0.000000177. The lowest BCUT2D eigenvalue weighted by atomic mass is 9.70. The number of nitrogens with one attached hydrogen (secondary N) is 2. The van der Waals surface area contributed by atoms with E-state index in [0.29, 0.717) is 30.3 Å². The average molecular weight is 555 g/mol. The van der Waals surface area contributed by atoms with Crippen molar-refractivity contribution in [3.05, 3.63) is 58.9 Å². The van der Waals surface area contributed by atoms with Gasteiger partial charge in [0, 0.05) is 41.5 Å². The van der Waals surface area contributed by atoms with Crippen LogP contribution < -0.4 is 5.32 Å². The number of aromatic nitrogens is 1. The van der Waals surface area contributed by atoms with Crippen molar-refractivity contribution in [1.29, 1.82) is 0 Å². The van der Waals surface area contributed by atoms with Gasteiger partial charge in [-0.3, -0.25) is 14.1 Å². The van der Waals surface area contributed by atoms with Gasteiger partial charge in [-0.1, -0.05) is 38.1 Å². The molecule has 0 amide bonds. The van der Waals surface area contributed by atoms with Gasteiger partial charge in [0.05, 0.1) is 11.2 Å². The van der Waals surface area contributed by atoms with Crippen LogP contribution in [0.15, 0.2) is 36.4 Å². The predicted octanol–water partition coefficient (Wildman–Crippen LogP) is 5.48. The second-order valence-corrected chi connectivity index (χ2v) is 13.2. The Hall–Kier alpha value is -2.88. The third kappa shape index (κ3) is 4.85. The van der Waals surface area contributed by atoms with Gasteiger partial charge in [0.25, 0.3) is 10.1 Å². The van der Waals surface area contributed by atoms with E-state index in [-0.39, 0.29) is 28.7 Å². The van der Waals surface area contributed by atoms with Crippen molar-refractivity contribution < 1.29 is 27.0 Å². The molecular weight excluding hydrogens is 519 g/mol. The molecule has 0 aliphatic heterocycles. The molecule has 3 aromatic rings. The molecular formula is C30H35FN2O5S. The smallest absolute Gasteiger partial charge is 0.265 e. The normalized spacial score (nSPS) is 23.6. The highest BCUT2D eigenvalue weighted by molar-refractivity contribution is 7.85. The van der Waals surface area contributed by atoms with E-state index < -0.39 is 21.3 Å². The van der Waals surface area contributed by atoms with Crippen LogP contribution in [0, 0.1) is 22.6 Å². The molecule has 1 aromatic heterocycles. The first-order chi connectivity index (χ1) is 18.4. The molecule has 0 spiro atoms. The monoisotopic (exact) mass is 554 g/mol. The van der Waals surface area contributed by atoms with Gasteiger partial charge < -0.3 is 10.3 Å². The fourth-order valence-electron chi connectivity index (χ4n) is 7.06. The maximum absolute atomic E-state index is 13.9. The minimum absolute atomic E-state index is 0.0152. The minimum atomic E-state index is -4.08. The summed E-state index contributed by atoms with van der Waals surface area (Å²) in [7, 11) is -2.15. The molecule has 1 heterocycles. The summed E-state index contributed by atoms with van der Waals surface area (Å²) in [6.45, 7) is 4.71. The number of ketones is 2. The third-order valence-corrected chi connectivity index (χ3v) is 10.1. The third-order valence-electron chi connectivity index (χ3n) is 9.29. The molecule has 2 atom stereocenters. The summed E-state index contributed by atoms with van der Waals surface area (Å²) in [6.07, 6.45) is 4.08. The molecule has 0 radical (unpaired) electrons. The van der Waals surface area contributed by atoms with Gasteiger partial charge in [-0.05, 0) is 72.9 Å². The maximum Gasteiger partial charge on any atom is 0.265 e. The Bertz CT molecular complexity index is 1560. The van der Waals surface area contributed by atoms with Crippen molar-refractivity contribution >= 4 is 32.6 Å². The van der Waals surface area contributed by atoms with Gasteiger partial charge >= 0.3 is 0 Å². The van der Waals surface area contributed by atoms with Crippen LogP contribution in [0.2, 0.25) is 0 Å². The number of hydrogen-bond acceptors (Lipinski definition) is 5. The number of H-pyrrole nitrogens is 1. The van der Waals surface area contributed by atoms with E-state index in [4.69, 9.17) is 4.55 Å². The number of aromatic amines is 1. The largest absolute Gasteiger partial charge is 0.354 e. The lowest BCUT2D eigenvalue weighted by Crippen LogP contribution is -2.42. The fraction of sp³-hybridized carbons (Fsp3) is 0.467. The molecule has 9 heteroatoms. The highest BCUT2D eigenvalue weighted by Gasteiger charge is 2.65. The van der Waals surface area contributed by atoms with Crippen LogP contribution in [-0.4, -0.2) is 42.3 Å². The number of carbonyl (C=O) groups is 2. The molecule has 6 rings (SSSR count). The Morgan fingerprint density at radius 1 is 1.13 bits per heavy atom. The van der Waals surface area contributed by atoms with E-state index in [2.05, 4.69) is 34.6 Å².